The number of nitrogens with one attached hydrogen (secondary N) is 1. The van der Waals surface area contributed by atoms with Crippen LogP contribution in [0.2, 0.25) is 0 Å². The zero-order valence-electron chi connectivity index (χ0n) is 11.0. The number of aliphatic hydroxyl groups is 1. The van der Waals surface area contributed by atoms with Crippen molar-refractivity contribution in [1.29, 1.82) is 0 Å². The highest BCUT2D eigenvalue weighted by Gasteiger charge is 2.15. The van der Waals surface area contributed by atoms with Gasteiger partial charge in [-0.3, -0.25) is 4.79 Å². The lowest BCUT2D eigenvalue weighted by atomic mass is 10.0. The molecule has 0 fully saturated rings. The summed E-state index contributed by atoms with van der Waals surface area (Å²) in [6, 6.07) is 7.33. The molecule has 0 aliphatic rings. The first-order valence-electron chi connectivity index (χ1n) is 6.27. The molecule has 4 nitrogen and oxygen atoms in total. The predicted octanol–water partition coefficient (Wildman–Crippen LogP) is 1.33. The molecule has 1 amide bonds. The lowest BCUT2D eigenvalue weighted by Gasteiger charge is -2.21. The van der Waals surface area contributed by atoms with Gasteiger partial charge in [0.15, 0.2) is 0 Å². The number of nitrogen functional groups attached to an aromatic ring is 1. The molecule has 0 saturated carbocycles. The molecule has 1 aromatic rings. The van der Waals surface area contributed by atoms with Crippen molar-refractivity contribution in [1.82, 2.24) is 5.32 Å². The number of anilines is 1. The van der Waals surface area contributed by atoms with Crippen molar-refractivity contribution < 1.29 is 9.90 Å². The summed E-state index contributed by atoms with van der Waals surface area (Å²) in [5.74, 6) is 0.273. The first kappa shape index (κ1) is 14.5. The molecule has 100 valence electrons. The minimum atomic E-state index is -0.0345. The number of amides is 1. The van der Waals surface area contributed by atoms with Gasteiger partial charge in [-0.25, -0.2) is 0 Å². The second-order valence-corrected chi connectivity index (χ2v) is 4.85. The zero-order chi connectivity index (χ0) is 13.5. The molecule has 1 unspecified atom stereocenters. The lowest BCUT2D eigenvalue weighted by Crippen LogP contribution is -2.40. The van der Waals surface area contributed by atoms with Crippen molar-refractivity contribution in [2.75, 3.05) is 12.3 Å². The van der Waals surface area contributed by atoms with Gasteiger partial charge < -0.3 is 16.2 Å². The molecule has 0 aliphatic heterocycles. The largest absolute Gasteiger partial charge is 0.399 e. The van der Waals surface area contributed by atoms with E-state index in [4.69, 9.17) is 10.8 Å². The van der Waals surface area contributed by atoms with Crippen molar-refractivity contribution in [3.05, 3.63) is 29.8 Å². The van der Waals surface area contributed by atoms with Crippen LogP contribution in [0.25, 0.3) is 0 Å². The molecular weight excluding hydrogens is 228 g/mol. The van der Waals surface area contributed by atoms with Crippen molar-refractivity contribution in [2.24, 2.45) is 5.92 Å². The Morgan fingerprint density at radius 1 is 1.44 bits per heavy atom. The van der Waals surface area contributed by atoms with Crippen LogP contribution < -0.4 is 11.1 Å². The molecule has 4 heteroatoms. The minimum Gasteiger partial charge on any atom is -0.399 e. The van der Waals surface area contributed by atoms with Gasteiger partial charge in [-0.15, -0.1) is 0 Å². The summed E-state index contributed by atoms with van der Waals surface area (Å²) in [5, 5.41) is 11.9. The summed E-state index contributed by atoms with van der Waals surface area (Å²) in [6.45, 7) is 4.14. The predicted molar refractivity (Wildman–Crippen MR) is 73.0 cm³/mol. The van der Waals surface area contributed by atoms with E-state index in [1.807, 2.05) is 26.0 Å². The number of rotatable bonds is 6. The average molecular weight is 250 g/mol. The Hall–Kier alpha value is -1.55. The standard InChI is InChI=1S/C14H22N2O2/c1-10(2)13(6-7-17)16-14(18)9-11-4-3-5-12(15)8-11/h3-5,8,10,13,17H,6-7,9,15H2,1-2H3,(H,16,18). The van der Waals surface area contributed by atoms with Gasteiger partial charge in [0, 0.05) is 18.3 Å². The fourth-order valence-corrected chi connectivity index (χ4v) is 1.86. The number of carbonyl (C=O) groups excluding carboxylic acids is 1. The number of hydrogen-bond donors (Lipinski definition) is 3. The van der Waals surface area contributed by atoms with Crippen molar-refractivity contribution >= 4 is 11.6 Å². The van der Waals surface area contributed by atoms with Crippen LogP contribution >= 0.6 is 0 Å². The van der Waals surface area contributed by atoms with E-state index in [1.165, 1.54) is 0 Å². The van der Waals surface area contributed by atoms with Crippen LogP contribution in [0, 0.1) is 5.92 Å². The molecule has 0 aliphatic carbocycles. The van der Waals surface area contributed by atoms with E-state index in [-0.39, 0.29) is 18.6 Å². The van der Waals surface area contributed by atoms with E-state index >= 15 is 0 Å². The summed E-state index contributed by atoms with van der Waals surface area (Å²) < 4.78 is 0. The number of carbonyl (C=O) groups is 1. The molecule has 0 aromatic heterocycles. The second kappa shape index (κ2) is 7.01. The van der Waals surface area contributed by atoms with Crippen LogP contribution in [0.15, 0.2) is 24.3 Å². The highest BCUT2D eigenvalue weighted by molar-refractivity contribution is 5.79. The maximum Gasteiger partial charge on any atom is 0.224 e. The molecule has 0 saturated heterocycles. The van der Waals surface area contributed by atoms with Crippen LogP contribution in [-0.2, 0) is 11.2 Å². The molecule has 0 bridgehead atoms. The third kappa shape index (κ3) is 4.75. The van der Waals surface area contributed by atoms with Gasteiger partial charge in [0.25, 0.3) is 0 Å². The summed E-state index contributed by atoms with van der Waals surface area (Å²) in [7, 11) is 0. The van der Waals surface area contributed by atoms with Gasteiger partial charge in [-0.2, -0.15) is 0 Å². The maximum absolute atomic E-state index is 11.9. The van der Waals surface area contributed by atoms with E-state index in [2.05, 4.69) is 5.32 Å². The van der Waals surface area contributed by atoms with E-state index in [1.54, 1.807) is 12.1 Å². The van der Waals surface area contributed by atoms with Crippen LogP contribution in [-0.4, -0.2) is 23.7 Å². The Morgan fingerprint density at radius 2 is 2.17 bits per heavy atom. The van der Waals surface area contributed by atoms with E-state index in [0.717, 1.165) is 5.56 Å². The molecular formula is C14H22N2O2. The van der Waals surface area contributed by atoms with Crippen molar-refractivity contribution in [3.8, 4) is 0 Å². The number of hydrogen-bond acceptors (Lipinski definition) is 3. The van der Waals surface area contributed by atoms with Crippen LogP contribution in [0.4, 0.5) is 5.69 Å². The van der Waals surface area contributed by atoms with Crippen LogP contribution in [0.1, 0.15) is 25.8 Å². The molecule has 4 N–H and O–H groups in total. The topological polar surface area (TPSA) is 75.3 Å². The Bertz CT molecular complexity index is 391. The van der Waals surface area contributed by atoms with E-state index in [0.29, 0.717) is 24.4 Å². The van der Waals surface area contributed by atoms with Crippen LogP contribution in [0.5, 0.6) is 0 Å². The minimum absolute atomic E-state index is 0.0172. The van der Waals surface area contributed by atoms with Gasteiger partial charge in [-0.1, -0.05) is 26.0 Å². The summed E-state index contributed by atoms with van der Waals surface area (Å²) in [4.78, 5) is 11.9. The SMILES string of the molecule is CC(C)C(CCO)NC(=O)Cc1cccc(N)c1. The molecule has 1 atom stereocenters. The summed E-state index contributed by atoms with van der Waals surface area (Å²) in [5.41, 5.74) is 7.23. The Morgan fingerprint density at radius 3 is 2.72 bits per heavy atom. The number of aliphatic hydroxyl groups excluding tert-OH is 1. The number of nitrogens with two attached hydrogens (primary N) is 1. The molecule has 1 aromatic carbocycles. The quantitative estimate of drug-likeness (QED) is 0.667. The third-order valence-electron chi connectivity index (χ3n) is 2.91. The first-order chi connectivity index (χ1) is 8.52. The van der Waals surface area contributed by atoms with Gasteiger partial charge in [-0.05, 0) is 30.0 Å². The molecule has 1 rings (SSSR count). The summed E-state index contributed by atoms with van der Waals surface area (Å²) >= 11 is 0. The maximum atomic E-state index is 11.9. The summed E-state index contributed by atoms with van der Waals surface area (Å²) in [6.07, 6.45) is 0.903. The normalized spacial score (nSPS) is 12.4. The smallest absolute Gasteiger partial charge is 0.224 e. The van der Waals surface area contributed by atoms with Crippen molar-refractivity contribution in [3.63, 3.8) is 0 Å². The van der Waals surface area contributed by atoms with E-state index < -0.39 is 0 Å². The van der Waals surface area contributed by atoms with Gasteiger partial charge in [0.2, 0.25) is 5.91 Å². The highest BCUT2D eigenvalue weighted by atomic mass is 16.3. The van der Waals surface area contributed by atoms with E-state index in [9.17, 15) is 4.79 Å². The van der Waals surface area contributed by atoms with Gasteiger partial charge in [0.05, 0.1) is 6.42 Å². The van der Waals surface area contributed by atoms with Gasteiger partial charge >= 0.3 is 0 Å². The monoisotopic (exact) mass is 250 g/mol. The zero-order valence-corrected chi connectivity index (χ0v) is 11.0. The van der Waals surface area contributed by atoms with Gasteiger partial charge in [0.1, 0.15) is 0 Å². The Labute approximate surface area is 108 Å². The molecule has 0 radical (unpaired) electrons. The first-order valence-corrected chi connectivity index (χ1v) is 6.27. The fourth-order valence-electron chi connectivity index (χ4n) is 1.86. The average Bonchev–Trinajstić information content (AvgIpc) is 2.28. The Balaban J connectivity index is 2.55. The lowest BCUT2D eigenvalue weighted by molar-refractivity contribution is -0.121. The van der Waals surface area contributed by atoms with Crippen LogP contribution in [0.3, 0.4) is 0 Å². The molecule has 0 spiro atoms. The third-order valence-corrected chi connectivity index (χ3v) is 2.91. The highest BCUT2D eigenvalue weighted by Crippen LogP contribution is 2.09. The second-order valence-electron chi connectivity index (χ2n) is 4.85. The molecule has 0 heterocycles. The number of benzene rings is 1. The fraction of sp³-hybridized carbons (Fsp3) is 0.500. The Kier molecular flexibility index (Phi) is 5.65. The van der Waals surface area contributed by atoms with Crippen molar-refractivity contribution in [2.45, 2.75) is 32.7 Å². The molecule has 18 heavy (non-hydrogen) atoms.